The molecule has 4 heterocycles. The van der Waals surface area contributed by atoms with E-state index in [2.05, 4.69) is 20.3 Å². The van der Waals surface area contributed by atoms with Gasteiger partial charge in [0.05, 0.1) is 25.6 Å². The third kappa shape index (κ3) is 5.15. The highest BCUT2D eigenvalue weighted by molar-refractivity contribution is 7.15. The van der Waals surface area contributed by atoms with E-state index in [0.717, 1.165) is 30.8 Å². The number of aromatic nitrogens is 3. The summed E-state index contributed by atoms with van der Waals surface area (Å²) >= 11 is 1.39. The van der Waals surface area contributed by atoms with Crippen LogP contribution >= 0.6 is 11.3 Å². The van der Waals surface area contributed by atoms with E-state index in [1.54, 1.807) is 29.3 Å². The molecule has 1 N–H and O–H groups in total. The number of nitrogens with zero attached hydrogens (tertiary/aromatic N) is 4. The highest BCUT2D eigenvalue weighted by Gasteiger charge is 2.23. The number of ether oxygens (including phenoxy) is 3. The van der Waals surface area contributed by atoms with Crippen LogP contribution in [0.5, 0.6) is 17.4 Å². The van der Waals surface area contributed by atoms with Gasteiger partial charge in [0.1, 0.15) is 23.3 Å². The van der Waals surface area contributed by atoms with Crippen LogP contribution in [-0.4, -0.2) is 64.1 Å². The number of aryl methyl sites for hydroxylation is 1. The molecule has 10 nitrogen and oxygen atoms in total. The third-order valence-corrected chi connectivity index (χ3v) is 6.22. The first kappa shape index (κ1) is 22.2. The highest BCUT2D eigenvalue weighted by Crippen LogP contribution is 2.29. The van der Waals surface area contributed by atoms with Crippen molar-refractivity contribution in [2.75, 3.05) is 31.6 Å². The maximum absolute atomic E-state index is 12.9. The monoisotopic (exact) mass is 481 g/mol. The Morgan fingerprint density at radius 2 is 1.97 bits per heavy atom. The zero-order valence-corrected chi connectivity index (χ0v) is 19.3. The fraction of sp³-hybridized carbons (Fsp3) is 0.348. The van der Waals surface area contributed by atoms with Crippen molar-refractivity contribution in [3.63, 3.8) is 0 Å². The van der Waals surface area contributed by atoms with Gasteiger partial charge in [-0.25, -0.2) is 15.0 Å². The number of amides is 2. The van der Waals surface area contributed by atoms with Gasteiger partial charge in [0.25, 0.3) is 11.8 Å². The fourth-order valence-electron chi connectivity index (χ4n) is 3.49. The molecule has 2 fully saturated rings. The molecule has 0 spiro atoms. The Labute approximate surface area is 199 Å². The molecule has 0 bridgehead atoms. The van der Waals surface area contributed by atoms with E-state index < -0.39 is 0 Å². The van der Waals surface area contributed by atoms with Crippen LogP contribution in [0.3, 0.4) is 0 Å². The SMILES string of the molecule is Cc1cnc(NC(=O)c2cc(Oc3cnc(C(=O)N4CCC4)cn3)cc(O[C@H]3CCOC3)c2)s1. The average molecular weight is 482 g/mol. The van der Waals surface area contributed by atoms with Gasteiger partial charge in [-0.05, 0) is 25.5 Å². The summed E-state index contributed by atoms with van der Waals surface area (Å²) in [6.45, 7) is 4.52. The predicted octanol–water partition coefficient (Wildman–Crippen LogP) is 3.30. The van der Waals surface area contributed by atoms with Crippen LogP contribution in [0.15, 0.2) is 36.8 Å². The molecule has 1 atom stereocenters. The molecule has 2 saturated heterocycles. The van der Waals surface area contributed by atoms with E-state index >= 15 is 0 Å². The number of carbonyl (C=O) groups excluding carboxylic acids is 2. The second-order valence-corrected chi connectivity index (χ2v) is 9.25. The van der Waals surface area contributed by atoms with E-state index in [4.69, 9.17) is 14.2 Å². The normalized spacial score (nSPS) is 17.2. The van der Waals surface area contributed by atoms with Crippen molar-refractivity contribution in [1.82, 2.24) is 19.9 Å². The third-order valence-electron chi connectivity index (χ3n) is 5.39. The second-order valence-electron chi connectivity index (χ2n) is 8.01. The molecule has 0 aliphatic carbocycles. The molecule has 2 aliphatic heterocycles. The second kappa shape index (κ2) is 9.74. The average Bonchev–Trinajstić information content (AvgIpc) is 3.44. The van der Waals surface area contributed by atoms with Gasteiger partial charge in [-0.3, -0.25) is 14.9 Å². The number of thiazole rings is 1. The first-order chi connectivity index (χ1) is 16.5. The summed E-state index contributed by atoms with van der Waals surface area (Å²) in [6, 6.07) is 4.93. The van der Waals surface area contributed by atoms with Crippen molar-refractivity contribution in [1.29, 1.82) is 0 Å². The molecule has 176 valence electrons. The number of carbonyl (C=O) groups is 2. The molecule has 34 heavy (non-hydrogen) atoms. The topological polar surface area (TPSA) is 116 Å². The van der Waals surface area contributed by atoms with E-state index in [9.17, 15) is 9.59 Å². The summed E-state index contributed by atoms with van der Waals surface area (Å²) in [4.78, 5) is 40.5. The Hall–Kier alpha value is -3.57. The molecule has 0 radical (unpaired) electrons. The van der Waals surface area contributed by atoms with Crippen molar-refractivity contribution >= 4 is 28.3 Å². The zero-order valence-electron chi connectivity index (χ0n) is 18.5. The van der Waals surface area contributed by atoms with Crippen molar-refractivity contribution in [3.05, 3.63) is 52.9 Å². The number of hydrogen-bond acceptors (Lipinski definition) is 9. The summed E-state index contributed by atoms with van der Waals surface area (Å²) < 4.78 is 17.3. The molecular formula is C23H23N5O5S. The van der Waals surface area contributed by atoms with Crippen molar-refractivity contribution in [2.24, 2.45) is 0 Å². The van der Waals surface area contributed by atoms with Crippen LogP contribution in [0.4, 0.5) is 5.13 Å². The lowest BCUT2D eigenvalue weighted by atomic mass is 10.2. The molecule has 0 unspecified atom stereocenters. The van der Waals surface area contributed by atoms with Crippen molar-refractivity contribution < 1.29 is 23.8 Å². The standard InChI is InChI=1S/C23H23N5O5S/c1-14-10-26-23(34-14)27-21(29)15-7-17(32-16-3-6-31-13-16)9-18(8-15)33-20-12-24-19(11-25-20)22(30)28-4-2-5-28/h7-12,16H,2-6,13H2,1H3,(H,26,27,29)/t16-/m0/s1. The van der Waals surface area contributed by atoms with Crippen molar-refractivity contribution in [2.45, 2.75) is 25.9 Å². The molecule has 2 amide bonds. The van der Waals surface area contributed by atoms with Gasteiger partial charge >= 0.3 is 0 Å². The van der Waals surface area contributed by atoms with Crippen LogP contribution < -0.4 is 14.8 Å². The highest BCUT2D eigenvalue weighted by atomic mass is 32.1. The molecule has 2 aromatic heterocycles. The number of rotatable bonds is 7. The number of benzene rings is 1. The Bertz CT molecular complexity index is 1190. The smallest absolute Gasteiger partial charge is 0.274 e. The first-order valence-electron chi connectivity index (χ1n) is 11.0. The quantitative estimate of drug-likeness (QED) is 0.547. The van der Waals surface area contributed by atoms with Gasteiger partial charge < -0.3 is 19.1 Å². The molecule has 5 rings (SSSR count). The zero-order chi connectivity index (χ0) is 23.5. The molecule has 1 aromatic carbocycles. The minimum Gasteiger partial charge on any atom is -0.488 e. The Kier molecular flexibility index (Phi) is 6.37. The Morgan fingerprint density at radius 1 is 1.12 bits per heavy atom. The van der Waals surface area contributed by atoms with Gasteiger partial charge in [0, 0.05) is 42.2 Å². The van der Waals surface area contributed by atoms with Gasteiger partial charge in [0.2, 0.25) is 5.88 Å². The van der Waals surface area contributed by atoms with Crippen molar-refractivity contribution in [3.8, 4) is 17.4 Å². The van der Waals surface area contributed by atoms with E-state index in [0.29, 0.717) is 35.4 Å². The largest absolute Gasteiger partial charge is 0.488 e. The minimum absolute atomic E-state index is 0.0978. The number of nitrogens with one attached hydrogen (secondary N) is 1. The first-order valence-corrected chi connectivity index (χ1v) is 11.8. The molecular weight excluding hydrogens is 458 g/mol. The molecule has 3 aromatic rings. The summed E-state index contributed by atoms with van der Waals surface area (Å²) in [7, 11) is 0. The lowest BCUT2D eigenvalue weighted by molar-refractivity contribution is 0.0645. The number of hydrogen-bond donors (Lipinski definition) is 1. The fourth-order valence-corrected chi connectivity index (χ4v) is 4.15. The van der Waals surface area contributed by atoms with Crippen LogP contribution in [0, 0.1) is 6.92 Å². The van der Waals surface area contributed by atoms with Gasteiger partial charge in [-0.15, -0.1) is 11.3 Å². The number of likely N-dealkylation sites (tertiary alicyclic amines) is 1. The Balaban J connectivity index is 1.35. The summed E-state index contributed by atoms with van der Waals surface area (Å²) in [5.74, 6) is 0.548. The number of anilines is 1. The van der Waals surface area contributed by atoms with Gasteiger partial charge in [0.15, 0.2) is 5.13 Å². The summed E-state index contributed by atoms with van der Waals surface area (Å²) in [5.41, 5.74) is 0.612. The molecule has 11 heteroatoms. The minimum atomic E-state index is -0.339. The maximum atomic E-state index is 12.9. The summed E-state index contributed by atoms with van der Waals surface area (Å²) in [6.07, 6.45) is 6.16. The molecule has 2 aliphatic rings. The lowest BCUT2D eigenvalue weighted by Gasteiger charge is -2.30. The maximum Gasteiger partial charge on any atom is 0.274 e. The lowest BCUT2D eigenvalue weighted by Crippen LogP contribution is -2.42. The molecule has 0 saturated carbocycles. The van der Waals surface area contributed by atoms with Crippen LogP contribution in [0.2, 0.25) is 0 Å². The van der Waals surface area contributed by atoms with Crippen LogP contribution in [0.25, 0.3) is 0 Å². The Morgan fingerprint density at radius 3 is 2.62 bits per heavy atom. The van der Waals surface area contributed by atoms with E-state index in [1.807, 2.05) is 6.92 Å². The van der Waals surface area contributed by atoms with E-state index in [-0.39, 0.29) is 29.5 Å². The van der Waals surface area contributed by atoms with Gasteiger partial charge in [-0.1, -0.05) is 0 Å². The van der Waals surface area contributed by atoms with Gasteiger partial charge in [-0.2, -0.15) is 0 Å². The summed E-state index contributed by atoms with van der Waals surface area (Å²) in [5, 5.41) is 3.30. The predicted molar refractivity (Wildman–Crippen MR) is 124 cm³/mol. The van der Waals surface area contributed by atoms with Crippen LogP contribution in [-0.2, 0) is 4.74 Å². The van der Waals surface area contributed by atoms with E-state index in [1.165, 1.54) is 23.7 Å². The van der Waals surface area contributed by atoms with Crippen LogP contribution in [0.1, 0.15) is 38.6 Å².